The topological polar surface area (TPSA) is 32.3 Å². The van der Waals surface area contributed by atoms with Crippen LogP contribution in [-0.4, -0.2) is 35.4 Å². The van der Waals surface area contributed by atoms with Crippen molar-refractivity contribution in [1.29, 1.82) is 0 Å². The highest BCUT2D eigenvalue weighted by atomic mass is 32.2. The smallest absolute Gasteiger partial charge is 0.241 e. The molecule has 1 aliphatic heterocycles. The van der Waals surface area contributed by atoms with E-state index in [0.29, 0.717) is 0 Å². The Morgan fingerprint density at radius 3 is 2.70 bits per heavy atom. The second-order valence-electron chi connectivity index (χ2n) is 5.20. The van der Waals surface area contributed by atoms with Gasteiger partial charge in [0.05, 0.1) is 6.04 Å². The summed E-state index contributed by atoms with van der Waals surface area (Å²) in [6.45, 7) is 2.97. The third-order valence-corrected chi connectivity index (χ3v) is 4.39. The molecule has 1 aliphatic rings. The van der Waals surface area contributed by atoms with Gasteiger partial charge in [-0.15, -0.1) is 0 Å². The molecule has 4 heteroatoms. The van der Waals surface area contributed by atoms with E-state index in [1.165, 1.54) is 5.56 Å². The largest absolute Gasteiger partial charge is 0.322 e. The van der Waals surface area contributed by atoms with E-state index >= 15 is 0 Å². The molecular formula is C16H24N2OS. The lowest BCUT2D eigenvalue weighted by Gasteiger charge is -2.24. The minimum Gasteiger partial charge on any atom is -0.322 e. The predicted molar refractivity (Wildman–Crippen MR) is 85.7 cm³/mol. The molecule has 0 saturated carbocycles. The van der Waals surface area contributed by atoms with Gasteiger partial charge >= 0.3 is 0 Å². The lowest BCUT2D eigenvalue weighted by molar-refractivity contribution is -0.130. The van der Waals surface area contributed by atoms with Crippen molar-refractivity contribution in [2.45, 2.75) is 38.4 Å². The Morgan fingerprint density at radius 2 is 2.05 bits per heavy atom. The summed E-state index contributed by atoms with van der Waals surface area (Å²) >= 11 is 1.84. The Bertz CT molecular complexity index is 424. The van der Waals surface area contributed by atoms with Crippen molar-refractivity contribution in [3.8, 4) is 0 Å². The van der Waals surface area contributed by atoms with Crippen LogP contribution in [0.1, 0.15) is 37.9 Å². The van der Waals surface area contributed by atoms with E-state index in [4.69, 9.17) is 0 Å². The highest BCUT2D eigenvalue weighted by molar-refractivity contribution is 7.98. The van der Waals surface area contributed by atoms with Crippen LogP contribution in [-0.2, 0) is 4.79 Å². The second-order valence-corrected chi connectivity index (χ2v) is 6.18. The van der Waals surface area contributed by atoms with Gasteiger partial charge in [-0.1, -0.05) is 43.7 Å². The van der Waals surface area contributed by atoms with E-state index < -0.39 is 0 Å². The highest BCUT2D eigenvalue weighted by Crippen LogP contribution is 2.27. The van der Waals surface area contributed by atoms with Crippen molar-refractivity contribution in [2.75, 3.05) is 18.6 Å². The first-order valence-corrected chi connectivity index (χ1v) is 8.77. The van der Waals surface area contributed by atoms with Crippen LogP contribution in [0, 0.1) is 0 Å². The molecule has 110 valence electrons. The Labute approximate surface area is 126 Å². The first kappa shape index (κ1) is 15.4. The van der Waals surface area contributed by atoms with Crippen LogP contribution in [0.4, 0.5) is 0 Å². The Morgan fingerprint density at radius 1 is 1.30 bits per heavy atom. The van der Waals surface area contributed by atoms with Crippen molar-refractivity contribution >= 4 is 17.7 Å². The predicted octanol–water partition coefficient (Wildman–Crippen LogP) is 3.04. The molecule has 2 atom stereocenters. The number of carbonyl (C=O) groups is 1. The summed E-state index contributed by atoms with van der Waals surface area (Å²) in [6, 6.07) is 10.3. The number of hydrogen-bond donors (Lipinski definition) is 1. The van der Waals surface area contributed by atoms with Crippen LogP contribution in [0.15, 0.2) is 30.3 Å². The van der Waals surface area contributed by atoms with Gasteiger partial charge in [0, 0.05) is 6.54 Å². The third-order valence-electron chi connectivity index (χ3n) is 3.69. The second kappa shape index (κ2) is 7.70. The number of nitrogens with one attached hydrogen (secondary N) is 1. The fourth-order valence-electron chi connectivity index (χ4n) is 2.70. The standard InChI is InChI=1S/C16H24N2OS/c1-3-8-14-16(19)18(11-7-12-20-2)15(17-14)13-9-5-4-6-10-13/h4-6,9-10,14-15,17H,3,7-8,11-12H2,1-2H3. The van der Waals surface area contributed by atoms with Gasteiger partial charge in [0.25, 0.3) is 0 Å². The summed E-state index contributed by atoms with van der Waals surface area (Å²) in [4.78, 5) is 14.5. The number of thioether (sulfide) groups is 1. The van der Waals surface area contributed by atoms with Gasteiger partial charge in [0.1, 0.15) is 6.17 Å². The average Bonchev–Trinajstić information content (AvgIpc) is 2.78. The zero-order valence-corrected chi connectivity index (χ0v) is 13.2. The van der Waals surface area contributed by atoms with Crippen molar-refractivity contribution in [3.63, 3.8) is 0 Å². The van der Waals surface area contributed by atoms with Crippen LogP contribution >= 0.6 is 11.8 Å². The van der Waals surface area contributed by atoms with Gasteiger partial charge in [-0.05, 0) is 30.4 Å². The number of carbonyl (C=O) groups excluding carboxylic acids is 1. The van der Waals surface area contributed by atoms with Gasteiger partial charge < -0.3 is 4.90 Å². The summed E-state index contributed by atoms with van der Waals surface area (Å²) in [7, 11) is 0. The van der Waals surface area contributed by atoms with Crippen LogP contribution in [0.3, 0.4) is 0 Å². The van der Waals surface area contributed by atoms with E-state index in [0.717, 1.165) is 31.6 Å². The minimum absolute atomic E-state index is 0.0144. The molecule has 1 fully saturated rings. The number of rotatable bonds is 7. The minimum atomic E-state index is -0.0144. The lowest BCUT2D eigenvalue weighted by atomic mass is 10.1. The van der Waals surface area contributed by atoms with Crippen LogP contribution in [0.2, 0.25) is 0 Å². The van der Waals surface area contributed by atoms with Gasteiger partial charge in [0.15, 0.2) is 0 Å². The van der Waals surface area contributed by atoms with Crippen LogP contribution in [0.5, 0.6) is 0 Å². The Balaban J connectivity index is 2.12. The first-order valence-electron chi connectivity index (χ1n) is 7.38. The fourth-order valence-corrected chi connectivity index (χ4v) is 3.12. The molecule has 1 amide bonds. The molecule has 0 aromatic heterocycles. The van der Waals surface area contributed by atoms with E-state index in [-0.39, 0.29) is 18.1 Å². The van der Waals surface area contributed by atoms with Gasteiger partial charge in [-0.3, -0.25) is 10.1 Å². The molecular weight excluding hydrogens is 268 g/mol. The quantitative estimate of drug-likeness (QED) is 0.784. The Kier molecular flexibility index (Phi) is 5.92. The van der Waals surface area contributed by atoms with Crippen molar-refractivity contribution < 1.29 is 4.79 Å². The first-order chi connectivity index (χ1) is 9.77. The normalized spacial score (nSPS) is 22.5. The van der Waals surface area contributed by atoms with E-state index in [2.05, 4.69) is 30.6 Å². The molecule has 2 unspecified atom stereocenters. The molecule has 0 bridgehead atoms. The Hall–Kier alpha value is -1.00. The average molecular weight is 292 g/mol. The fraction of sp³-hybridized carbons (Fsp3) is 0.562. The van der Waals surface area contributed by atoms with Crippen LogP contribution in [0.25, 0.3) is 0 Å². The molecule has 0 spiro atoms. The molecule has 1 aromatic rings. The molecule has 2 rings (SSSR count). The maximum absolute atomic E-state index is 12.5. The molecule has 1 heterocycles. The lowest BCUT2D eigenvalue weighted by Crippen LogP contribution is -2.32. The maximum Gasteiger partial charge on any atom is 0.241 e. The number of amides is 1. The van der Waals surface area contributed by atoms with Gasteiger partial charge in [-0.2, -0.15) is 11.8 Å². The van der Waals surface area contributed by atoms with Crippen molar-refractivity contribution in [3.05, 3.63) is 35.9 Å². The van der Waals surface area contributed by atoms with Crippen LogP contribution < -0.4 is 5.32 Å². The molecule has 1 aromatic carbocycles. The molecule has 20 heavy (non-hydrogen) atoms. The van der Waals surface area contributed by atoms with E-state index in [1.54, 1.807) is 0 Å². The van der Waals surface area contributed by atoms with Crippen molar-refractivity contribution in [2.24, 2.45) is 0 Å². The van der Waals surface area contributed by atoms with Crippen molar-refractivity contribution in [1.82, 2.24) is 10.2 Å². The summed E-state index contributed by atoms with van der Waals surface area (Å²) < 4.78 is 0. The van der Waals surface area contributed by atoms with Gasteiger partial charge in [-0.25, -0.2) is 0 Å². The summed E-state index contributed by atoms with van der Waals surface area (Å²) in [5, 5.41) is 3.50. The molecule has 0 radical (unpaired) electrons. The van der Waals surface area contributed by atoms with E-state index in [1.807, 2.05) is 34.9 Å². The third kappa shape index (κ3) is 3.55. The molecule has 3 nitrogen and oxygen atoms in total. The molecule has 1 saturated heterocycles. The molecule has 0 aliphatic carbocycles. The zero-order valence-electron chi connectivity index (χ0n) is 12.3. The summed E-state index contributed by atoms with van der Waals surface area (Å²) in [5.74, 6) is 1.37. The maximum atomic E-state index is 12.5. The monoisotopic (exact) mass is 292 g/mol. The highest BCUT2D eigenvalue weighted by Gasteiger charge is 2.38. The molecule has 1 N–H and O–H groups in total. The van der Waals surface area contributed by atoms with E-state index in [9.17, 15) is 4.79 Å². The summed E-state index contributed by atoms with van der Waals surface area (Å²) in [5.41, 5.74) is 1.18. The number of nitrogens with zero attached hydrogens (tertiary/aromatic N) is 1. The van der Waals surface area contributed by atoms with Gasteiger partial charge in [0.2, 0.25) is 5.91 Å². The SMILES string of the molecule is CCCC1NC(c2ccccc2)N(CCCSC)C1=O. The number of hydrogen-bond acceptors (Lipinski definition) is 3. The number of benzene rings is 1. The summed E-state index contributed by atoms with van der Waals surface area (Å²) in [6.07, 6.45) is 5.15. The zero-order chi connectivity index (χ0) is 14.4.